The Labute approximate surface area is 140 Å². The van der Waals surface area contributed by atoms with Gasteiger partial charge in [0.05, 0.1) is 6.10 Å². The number of thioether (sulfide) groups is 1. The Kier molecular flexibility index (Phi) is 5.15. The lowest BCUT2D eigenvalue weighted by Crippen LogP contribution is -2.17. The van der Waals surface area contributed by atoms with Crippen molar-refractivity contribution in [2.24, 2.45) is 0 Å². The lowest BCUT2D eigenvalue weighted by atomic mass is 10.1. The van der Waals surface area contributed by atoms with Crippen molar-refractivity contribution in [3.63, 3.8) is 0 Å². The highest BCUT2D eigenvalue weighted by Crippen LogP contribution is 2.32. The maximum Gasteiger partial charge on any atom is 0.209 e. The van der Waals surface area contributed by atoms with Crippen LogP contribution in [0.2, 0.25) is 0 Å². The van der Waals surface area contributed by atoms with Crippen molar-refractivity contribution < 1.29 is 5.11 Å². The minimum Gasteiger partial charge on any atom is -0.388 e. The van der Waals surface area contributed by atoms with Crippen LogP contribution in [0, 0.1) is 0 Å². The molecule has 0 saturated carbocycles. The molecular weight excluding hydrogens is 370 g/mol. The fourth-order valence-electron chi connectivity index (χ4n) is 2.26. The molecule has 0 radical (unpaired) electrons. The molecule has 1 N–H and O–H groups in total. The Morgan fingerprint density at radius 3 is 2.90 bits per heavy atom. The van der Waals surface area contributed by atoms with Gasteiger partial charge in [-0.1, -0.05) is 51.2 Å². The maximum atomic E-state index is 10.2. The summed E-state index contributed by atoms with van der Waals surface area (Å²) in [5.74, 6) is 0.588. The Morgan fingerprint density at radius 1 is 1.33 bits per heavy atom. The lowest BCUT2D eigenvalue weighted by Gasteiger charge is -2.11. The first-order chi connectivity index (χ1) is 10.2. The van der Waals surface area contributed by atoms with Gasteiger partial charge in [-0.25, -0.2) is 0 Å². The van der Waals surface area contributed by atoms with Crippen molar-refractivity contribution in [1.82, 2.24) is 10.2 Å². The molecule has 1 fully saturated rings. The van der Waals surface area contributed by atoms with E-state index < -0.39 is 6.10 Å². The van der Waals surface area contributed by atoms with E-state index >= 15 is 0 Å². The summed E-state index contributed by atoms with van der Waals surface area (Å²) in [6.07, 6.45) is 1.99. The van der Waals surface area contributed by atoms with E-state index in [4.69, 9.17) is 0 Å². The Morgan fingerprint density at radius 2 is 2.14 bits per heavy atom. The van der Waals surface area contributed by atoms with Crippen molar-refractivity contribution in [3.05, 3.63) is 34.3 Å². The lowest BCUT2D eigenvalue weighted by molar-refractivity contribution is 0.204. The molecule has 7 heteroatoms. The molecule has 1 saturated heterocycles. The zero-order valence-electron chi connectivity index (χ0n) is 11.4. The van der Waals surface area contributed by atoms with E-state index in [1.165, 1.54) is 12.8 Å². The number of anilines is 1. The fourth-order valence-corrected chi connectivity index (χ4v) is 4.56. The SMILES string of the molecule is O[C@H](CSc1nnc(N2CCCC2)s1)c1cccc(Br)c1. The zero-order chi connectivity index (χ0) is 14.7. The van der Waals surface area contributed by atoms with Crippen LogP contribution in [0.15, 0.2) is 33.1 Å². The predicted molar refractivity (Wildman–Crippen MR) is 91.2 cm³/mol. The molecule has 1 aliphatic rings. The highest BCUT2D eigenvalue weighted by molar-refractivity contribution is 9.10. The predicted octanol–water partition coefficient (Wildman–Crippen LogP) is 3.73. The van der Waals surface area contributed by atoms with E-state index in [1.807, 2.05) is 24.3 Å². The summed E-state index contributed by atoms with van der Waals surface area (Å²) in [4.78, 5) is 2.28. The standard InChI is InChI=1S/C14H16BrN3OS2/c15-11-5-3-4-10(8-11)12(19)9-20-14-17-16-13(21-14)18-6-1-2-7-18/h3-5,8,12,19H,1-2,6-7,9H2/t12-/m1/s1. The van der Waals surface area contributed by atoms with Gasteiger partial charge in [0, 0.05) is 23.3 Å². The summed E-state index contributed by atoms with van der Waals surface area (Å²) in [6.45, 7) is 2.17. The number of rotatable bonds is 5. The van der Waals surface area contributed by atoms with Crippen LogP contribution in [0.4, 0.5) is 5.13 Å². The minimum atomic E-state index is -0.494. The van der Waals surface area contributed by atoms with Gasteiger partial charge in [-0.3, -0.25) is 0 Å². The number of aliphatic hydroxyl groups is 1. The molecule has 0 bridgehead atoms. The third-order valence-corrected chi connectivity index (χ3v) is 6.06. The molecule has 1 atom stereocenters. The molecule has 2 aromatic rings. The van der Waals surface area contributed by atoms with Gasteiger partial charge in [0.1, 0.15) is 0 Å². The van der Waals surface area contributed by atoms with Crippen LogP contribution in [-0.4, -0.2) is 34.1 Å². The number of nitrogens with zero attached hydrogens (tertiary/aromatic N) is 3. The summed E-state index contributed by atoms with van der Waals surface area (Å²) < 4.78 is 1.90. The summed E-state index contributed by atoms with van der Waals surface area (Å²) in [5, 5.41) is 19.7. The molecule has 21 heavy (non-hydrogen) atoms. The third kappa shape index (κ3) is 3.97. The maximum absolute atomic E-state index is 10.2. The molecule has 3 rings (SSSR count). The second kappa shape index (κ2) is 7.09. The second-order valence-electron chi connectivity index (χ2n) is 4.93. The number of aromatic nitrogens is 2. The average Bonchev–Trinajstić information content (AvgIpc) is 3.15. The van der Waals surface area contributed by atoms with Gasteiger partial charge in [-0.15, -0.1) is 10.2 Å². The van der Waals surface area contributed by atoms with E-state index in [0.29, 0.717) is 5.75 Å². The summed E-state index contributed by atoms with van der Waals surface area (Å²) >= 11 is 6.60. The molecule has 1 aliphatic heterocycles. The monoisotopic (exact) mass is 385 g/mol. The van der Waals surface area contributed by atoms with E-state index in [2.05, 4.69) is 31.0 Å². The first-order valence-corrected chi connectivity index (χ1v) is 9.46. The van der Waals surface area contributed by atoms with Gasteiger partial charge in [-0.05, 0) is 30.5 Å². The van der Waals surface area contributed by atoms with Crippen LogP contribution in [-0.2, 0) is 0 Å². The molecule has 0 amide bonds. The summed E-state index contributed by atoms with van der Waals surface area (Å²) in [6, 6.07) is 7.77. The number of benzene rings is 1. The van der Waals surface area contributed by atoms with Gasteiger partial charge in [0.25, 0.3) is 0 Å². The zero-order valence-corrected chi connectivity index (χ0v) is 14.6. The number of halogens is 1. The van der Waals surface area contributed by atoms with Crippen LogP contribution >= 0.6 is 39.0 Å². The van der Waals surface area contributed by atoms with Crippen molar-refractivity contribution >= 4 is 44.2 Å². The Balaban J connectivity index is 1.57. The Hall–Kier alpha value is -0.630. The van der Waals surface area contributed by atoms with Gasteiger partial charge in [0.15, 0.2) is 4.34 Å². The van der Waals surface area contributed by atoms with E-state index in [-0.39, 0.29) is 0 Å². The topological polar surface area (TPSA) is 49.3 Å². The number of aliphatic hydroxyl groups excluding tert-OH is 1. The van der Waals surface area contributed by atoms with Gasteiger partial charge >= 0.3 is 0 Å². The van der Waals surface area contributed by atoms with Crippen molar-refractivity contribution in [1.29, 1.82) is 0 Å². The number of hydrogen-bond donors (Lipinski definition) is 1. The van der Waals surface area contributed by atoms with Gasteiger partial charge in [-0.2, -0.15) is 0 Å². The van der Waals surface area contributed by atoms with Gasteiger partial charge < -0.3 is 10.0 Å². The smallest absolute Gasteiger partial charge is 0.209 e. The molecule has 2 heterocycles. The summed E-state index contributed by atoms with van der Waals surface area (Å²) in [5.41, 5.74) is 0.918. The molecular formula is C14H16BrN3OS2. The third-order valence-electron chi connectivity index (χ3n) is 3.37. The molecule has 0 aliphatic carbocycles. The quantitative estimate of drug-likeness (QED) is 0.794. The number of hydrogen-bond acceptors (Lipinski definition) is 6. The highest BCUT2D eigenvalue weighted by Gasteiger charge is 2.17. The fraction of sp³-hybridized carbons (Fsp3) is 0.429. The highest BCUT2D eigenvalue weighted by atomic mass is 79.9. The van der Waals surface area contributed by atoms with Crippen molar-refractivity contribution in [2.45, 2.75) is 23.3 Å². The summed E-state index contributed by atoms with van der Waals surface area (Å²) in [7, 11) is 0. The molecule has 4 nitrogen and oxygen atoms in total. The van der Waals surface area contributed by atoms with Crippen LogP contribution < -0.4 is 4.90 Å². The molecule has 0 spiro atoms. The molecule has 1 aromatic heterocycles. The first-order valence-electron chi connectivity index (χ1n) is 6.87. The average molecular weight is 386 g/mol. The van der Waals surface area contributed by atoms with Crippen molar-refractivity contribution in [3.8, 4) is 0 Å². The Bertz CT molecular complexity index is 601. The van der Waals surface area contributed by atoms with Gasteiger partial charge in [0.2, 0.25) is 5.13 Å². The van der Waals surface area contributed by atoms with E-state index in [0.717, 1.165) is 32.6 Å². The van der Waals surface area contributed by atoms with Crippen LogP contribution in [0.3, 0.4) is 0 Å². The first kappa shape index (κ1) is 15.3. The molecule has 112 valence electrons. The molecule has 0 unspecified atom stereocenters. The second-order valence-corrected chi connectivity index (χ2v) is 8.07. The van der Waals surface area contributed by atoms with E-state index in [1.54, 1.807) is 23.1 Å². The van der Waals surface area contributed by atoms with Crippen molar-refractivity contribution in [2.75, 3.05) is 23.7 Å². The largest absolute Gasteiger partial charge is 0.388 e. The normalized spacial score (nSPS) is 16.4. The van der Waals surface area contributed by atoms with E-state index in [9.17, 15) is 5.11 Å². The van der Waals surface area contributed by atoms with Crippen LogP contribution in [0.25, 0.3) is 0 Å². The minimum absolute atomic E-state index is 0.494. The van der Waals surface area contributed by atoms with Crippen LogP contribution in [0.5, 0.6) is 0 Å². The molecule has 1 aromatic carbocycles. The van der Waals surface area contributed by atoms with Crippen LogP contribution in [0.1, 0.15) is 24.5 Å².